The highest BCUT2D eigenvalue weighted by Crippen LogP contribution is 2.29. The summed E-state index contributed by atoms with van der Waals surface area (Å²) in [6.07, 6.45) is 4.97. The van der Waals surface area contributed by atoms with Gasteiger partial charge in [-0.05, 0) is 40.5 Å². The topological polar surface area (TPSA) is 72.2 Å². The summed E-state index contributed by atoms with van der Waals surface area (Å²) in [6, 6.07) is 22.3. The van der Waals surface area contributed by atoms with E-state index in [1.807, 2.05) is 30.3 Å². The molecule has 0 saturated heterocycles. The van der Waals surface area contributed by atoms with E-state index in [4.69, 9.17) is 4.55 Å². The van der Waals surface area contributed by atoms with Crippen LogP contribution in [0.25, 0.3) is 34.5 Å². The van der Waals surface area contributed by atoms with E-state index in [-0.39, 0.29) is 11.3 Å². The Bertz CT molecular complexity index is 1330. The van der Waals surface area contributed by atoms with Crippen molar-refractivity contribution in [2.75, 3.05) is 0 Å². The van der Waals surface area contributed by atoms with Crippen molar-refractivity contribution >= 4 is 23.4 Å². The fraction of sp³-hybridized carbons (Fsp3) is 0.0400. The molecule has 0 fully saturated rings. The van der Waals surface area contributed by atoms with Gasteiger partial charge >= 0.3 is 0 Å². The molecule has 3 aromatic carbocycles. The van der Waals surface area contributed by atoms with Gasteiger partial charge < -0.3 is 4.55 Å². The summed E-state index contributed by atoms with van der Waals surface area (Å²) in [4.78, 5) is 13.4. The Balaban J connectivity index is 1.82. The smallest absolute Gasteiger partial charge is 0.279 e. The first kappa shape index (κ1) is 21.5. The molecule has 1 N–H and O–H groups in total. The van der Waals surface area contributed by atoms with Gasteiger partial charge in [0.25, 0.3) is 5.56 Å². The summed E-state index contributed by atoms with van der Waals surface area (Å²) in [5.74, 6) is -0.370. The molecule has 1 heterocycles. The average molecular weight is 447 g/mol. The zero-order valence-corrected chi connectivity index (χ0v) is 17.7. The second-order valence-corrected chi connectivity index (χ2v) is 8.01. The summed E-state index contributed by atoms with van der Waals surface area (Å²) in [6.45, 7) is 0. The van der Waals surface area contributed by atoms with E-state index < -0.39 is 16.9 Å². The minimum Gasteiger partial charge on any atom is -0.306 e. The van der Waals surface area contributed by atoms with Gasteiger partial charge in [0, 0.05) is 11.8 Å². The summed E-state index contributed by atoms with van der Waals surface area (Å²) < 4.78 is 34.9. The van der Waals surface area contributed by atoms with Crippen molar-refractivity contribution in [2.45, 2.75) is 5.75 Å². The molecular weight excluding hydrogens is 427 g/mol. The fourth-order valence-corrected chi connectivity index (χ4v) is 3.81. The first-order chi connectivity index (χ1) is 15.5. The number of halogens is 1. The van der Waals surface area contributed by atoms with Gasteiger partial charge in [-0.25, -0.2) is 13.3 Å². The van der Waals surface area contributed by atoms with Crippen molar-refractivity contribution in [3.8, 4) is 22.3 Å². The molecule has 32 heavy (non-hydrogen) atoms. The molecule has 160 valence electrons. The highest BCUT2D eigenvalue weighted by Gasteiger charge is 2.15. The van der Waals surface area contributed by atoms with Gasteiger partial charge in [0.2, 0.25) is 0 Å². The first-order valence-electron chi connectivity index (χ1n) is 9.79. The summed E-state index contributed by atoms with van der Waals surface area (Å²) in [5, 5.41) is 4.30. The third-order valence-electron chi connectivity index (χ3n) is 4.90. The lowest BCUT2D eigenvalue weighted by Gasteiger charge is -2.11. The monoisotopic (exact) mass is 446 g/mol. The molecule has 1 aromatic heterocycles. The minimum atomic E-state index is -1.94. The van der Waals surface area contributed by atoms with Crippen LogP contribution in [0, 0.1) is 5.82 Å². The lowest BCUT2D eigenvalue weighted by atomic mass is 9.97. The van der Waals surface area contributed by atoms with E-state index in [1.54, 1.807) is 54.9 Å². The SMILES string of the molecule is O=c1c(-c2ccc(F)cc2)c(-c2ccc(CS(=O)O)cc2)cnn1C=Cc1ccccc1. The Morgan fingerprint density at radius 1 is 0.938 bits per heavy atom. The number of hydrogen-bond donors (Lipinski definition) is 1. The molecule has 5 nitrogen and oxygen atoms in total. The van der Waals surface area contributed by atoms with Crippen molar-refractivity contribution in [1.82, 2.24) is 9.78 Å². The normalized spacial score (nSPS) is 12.2. The number of rotatable bonds is 6. The Kier molecular flexibility index (Phi) is 6.49. The van der Waals surface area contributed by atoms with Crippen molar-refractivity contribution in [1.29, 1.82) is 0 Å². The quantitative estimate of drug-likeness (QED) is 0.420. The van der Waals surface area contributed by atoms with Gasteiger partial charge in [-0.15, -0.1) is 0 Å². The molecule has 7 heteroatoms. The molecule has 0 aliphatic rings. The van der Waals surface area contributed by atoms with Crippen LogP contribution in [0.3, 0.4) is 0 Å². The largest absolute Gasteiger partial charge is 0.306 e. The molecule has 4 aromatic rings. The van der Waals surface area contributed by atoms with E-state index >= 15 is 0 Å². The van der Waals surface area contributed by atoms with Gasteiger partial charge in [0.05, 0.1) is 17.5 Å². The van der Waals surface area contributed by atoms with Crippen LogP contribution in [0.1, 0.15) is 11.1 Å². The number of aromatic nitrogens is 2. The second kappa shape index (κ2) is 9.64. The molecule has 0 aliphatic carbocycles. The molecule has 0 bridgehead atoms. The molecule has 1 unspecified atom stereocenters. The van der Waals surface area contributed by atoms with Gasteiger partial charge in [0.15, 0.2) is 11.1 Å². The summed E-state index contributed by atoms with van der Waals surface area (Å²) in [7, 11) is 0. The van der Waals surface area contributed by atoms with Crippen molar-refractivity contribution in [3.05, 3.63) is 112 Å². The molecule has 0 spiro atoms. The summed E-state index contributed by atoms with van der Waals surface area (Å²) >= 11 is -1.94. The Morgan fingerprint density at radius 2 is 1.59 bits per heavy atom. The molecule has 0 radical (unpaired) electrons. The van der Waals surface area contributed by atoms with Crippen LogP contribution in [0.4, 0.5) is 4.39 Å². The Labute approximate surface area is 186 Å². The third-order valence-corrected chi connectivity index (χ3v) is 5.48. The van der Waals surface area contributed by atoms with Crippen LogP contribution in [0.5, 0.6) is 0 Å². The average Bonchev–Trinajstić information content (AvgIpc) is 2.80. The van der Waals surface area contributed by atoms with Gasteiger partial charge in [-0.2, -0.15) is 5.10 Å². The zero-order valence-electron chi connectivity index (χ0n) is 16.9. The Morgan fingerprint density at radius 3 is 2.25 bits per heavy atom. The predicted molar refractivity (Wildman–Crippen MR) is 125 cm³/mol. The van der Waals surface area contributed by atoms with Crippen molar-refractivity contribution < 1.29 is 13.2 Å². The molecule has 0 aliphatic heterocycles. The van der Waals surface area contributed by atoms with Crippen molar-refractivity contribution in [2.24, 2.45) is 0 Å². The maximum absolute atomic E-state index is 13.5. The maximum atomic E-state index is 13.5. The van der Waals surface area contributed by atoms with Crippen LogP contribution in [-0.2, 0) is 16.8 Å². The first-order valence-corrected chi connectivity index (χ1v) is 11.1. The highest BCUT2D eigenvalue weighted by molar-refractivity contribution is 7.78. The Hall–Kier alpha value is -3.68. The number of nitrogens with zero attached hydrogens (tertiary/aromatic N) is 2. The van der Waals surface area contributed by atoms with E-state index in [2.05, 4.69) is 5.10 Å². The van der Waals surface area contributed by atoms with Gasteiger partial charge in [-0.1, -0.05) is 66.7 Å². The van der Waals surface area contributed by atoms with Crippen LogP contribution in [0.2, 0.25) is 0 Å². The summed E-state index contributed by atoms with van der Waals surface area (Å²) in [5.41, 5.74) is 3.54. The number of hydrogen-bond acceptors (Lipinski definition) is 3. The molecule has 0 saturated carbocycles. The molecule has 1 atom stereocenters. The van der Waals surface area contributed by atoms with Crippen molar-refractivity contribution in [3.63, 3.8) is 0 Å². The maximum Gasteiger partial charge on any atom is 0.279 e. The molecule has 0 amide bonds. The van der Waals surface area contributed by atoms with Crippen LogP contribution >= 0.6 is 0 Å². The lowest BCUT2D eigenvalue weighted by molar-refractivity contribution is 0.563. The molecular formula is C25H19FN2O3S. The highest BCUT2D eigenvalue weighted by atomic mass is 32.2. The van der Waals surface area contributed by atoms with Crippen LogP contribution in [-0.4, -0.2) is 18.5 Å². The van der Waals surface area contributed by atoms with Crippen LogP contribution < -0.4 is 5.56 Å². The fourth-order valence-electron chi connectivity index (χ4n) is 3.33. The van der Waals surface area contributed by atoms with E-state index in [0.29, 0.717) is 22.3 Å². The second-order valence-electron chi connectivity index (χ2n) is 7.08. The predicted octanol–water partition coefficient (Wildman–Crippen LogP) is 5.07. The molecule has 4 rings (SSSR count). The lowest BCUT2D eigenvalue weighted by Crippen LogP contribution is -2.21. The zero-order chi connectivity index (χ0) is 22.5. The van der Waals surface area contributed by atoms with E-state index in [0.717, 1.165) is 11.1 Å². The number of benzene rings is 3. The third kappa shape index (κ3) is 4.96. The minimum absolute atomic E-state index is 0.0230. The van der Waals surface area contributed by atoms with Gasteiger partial charge in [0.1, 0.15) is 5.82 Å². The van der Waals surface area contributed by atoms with E-state index in [1.165, 1.54) is 16.8 Å². The van der Waals surface area contributed by atoms with Gasteiger partial charge in [-0.3, -0.25) is 4.79 Å². The standard InChI is InChI=1S/C25H19FN2O3S/c26-22-12-10-21(11-13-22)24-23(20-8-6-19(7-9-20)17-32(30)31)16-27-28(25(24)29)15-14-18-4-2-1-3-5-18/h1-16H,17H2,(H,30,31). The van der Waals surface area contributed by atoms with E-state index in [9.17, 15) is 13.4 Å². The van der Waals surface area contributed by atoms with Crippen LogP contribution in [0.15, 0.2) is 89.9 Å².